The monoisotopic (exact) mass is 501 g/mol. The van der Waals surface area contributed by atoms with Crippen LogP contribution < -0.4 is 11.2 Å². The number of aromatic nitrogens is 2. The normalized spacial score (nSPS) is 29.5. The second kappa shape index (κ2) is 9.52. The molecule has 1 aromatic rings. The first-order valence-electron chi connectivity index (χ1n) is 11.9. The number of aryl methyl sites for hydroxylation is 1. The van der Waals surface area contributed by atoms with Crippen LogP contribution in [-0.4, -0.2) is 56.7 Å². The SMILES string of the molecule is Cc1cn([C@@H]2O[C@@H]3[13CH2]O[Si](C(C)C)(C(C)C)O[Si](C(C)C)(C(C)C)O[C@H]3[C@H]2O)c(=O)[nH]c1=O. The largest absolute Gasteiger partial charge is 0.414 e. The molecule has 0 aromatic carbocycles. The van der Waals surface area contributed by atoms with Gasteiger partial charge < -0.3 is 22.8 Å². The van der Waals surface area contributed by atoms with Crippen molar-refractivity contribution in [2.45, 2.75) is 109 Å². The summed E-state index contributed by atoms with van der Waals surface area (Å²) in [5, 5.41) is 11.3. The summed E-state index contributed by atoms with van der Waals surface area (Å²) in [7, 11) is -5.65. The van der Waals surface area contributed by atoms with Gasteiger partial charge in [-0.05, 0) is 29.1 Å². The van der Waals surface area contributed by atoms with Crippen molar-refractivity contribution in [2.75, 3.05) is 6.61 Å². The lowest BCUT2D eigenvalue weighted by molar-refractivity contribution is -0.0601. The number of nitrogens with one attached hydrogen (secondary N) is 1. The van der Waals surface area contributed by atoms with Crippen molar-refractivity contribution in [1.29, 1.82) is 0 Å². The van der Waals surface area contributed by atoms with Crippen LogP contribution in [-0.2, 0) is 17.7 Å². The van der Waals surface area contributed by atoms with Crippen molar-refractivity contribution in [3.05, 3.63) is 32.6 Å². The topological polar surface area (TPSA) is 112 Å². The number of H-pyrrole nitrogens is 1. The average molecular weight is 502 g/mol. The third kappa shape index (κ3) is 4.48. The fourth-order valence-corrected chi connectivity index (χ4v) is 16.4. The van der Waals surface area contributed by atoms with Gasteiger partial charge in [-0.15, -0.1) is 0 Å². The molecular weight excluding hydrogens is 461 g/mol. The molecule has 0 saturated carbocycles. The van der Waals surface area contributed by atoms with Crippen molar-refractivity contribution < 1.29 is 22.8 Å². The average Bonchev–Trinajstić information content (AvgIpc) is 2.98. The zero-order chi connectivity index (χ0) is 24.9. The van der Waals surface area contributed by atoms with E-state index in [0.29, 0.717) is 5.56 Å². The van der Waals surface area contributed by atoms with Crippen LogP contribution in [0, 0.1) is 6.92 Å². The Kier molecular flexibility index (Phi) is 7.65. The van der Waals surface area contributed by atoms with Crippen LogP contribution >= 0.6 is 0 Å². The standard InChI is InChI=1S/C22H40N2O7Si2/c1-12(2)32(13(3)4)28-11-17-19(30-33(31-32,14(5)6)15(7)8)18(25)21(29-17)24-10-16(9)20(26)23-22(24)27/h10,12-15,17-19,21,25H,11H2,1-9H3,(H,23,26,27)/t17-,18-,19-,21-/m1/s1/i11+1. The van der Waals surface area contributed by atoms with E-state index in [1.54, 1.807) is 6.92 Å². The van der Waals surface area contributed by atoms with Crippen LogP contribution in [0.1, 0.15) is 67.2 Å². The minimum absolute atomic E-state index is 0.105. The van der Waals surface area contributed by atoms with Gasteiger partial charge in [-0.1, -0.05) is 55.4 Å². The van der Waals surface area contributed by atoms with Crippen LogP contribution in [0.5, 0.6) is 0 Å². The molecule has 188 valence electrons. The molecule has 2 saturated heterocycles. The van der Waals surface area contributed by atoms with Gasteiger partial charge in [0.15, 0.2) is 6.23 Å². The fraction of sp³-hybridized carbons (Fsp3) is 0.818. The lowest BCUT2D eigenvalue weighted by Crippen LogP contribution is -2.65. The number of hydrogen-bond donors (Lipinski definition) is 2. The number of nitrogens with zero attached hydrogens (tertiary/aromatic N) is 1. The lowest BCUT2D eigenvalue weighted by Gasteiger charge is -2.51. The van der Waals surface area contributed by atoms with E-state index in [-0.39, 0.29) is 28.8 Å². The number of rotatable bonds is 5. The maximum Gasteiger partial charge on any atom is 0.335 e. The van der Waals surface area contributed by atoms with E-state index in [9.17, 15) is 14.7 Å². The minimum atomic E-state index is -2.92. The van der Waals surface area contributed by atoms with E-state index < -0.39 is 52.9 Å². The molecule has 2 aliphatic heterocycles. The number of aromatic amines is 1. The summed E-state index contributed by atoms with van der Waals surface area (Å²) in [5.74, 6) is 0. The number of aliphatic hydroxyl groups is 1. The smallest absolute Gasteiger partial charge is 0.335 e. The molecule has 33 heavy (non-hydrogen) atoms. The summed E-state index contributed by atoms with van der Waals surface area (Å²) in [5.41, 5.74) is -0.151. The van der Waals surface area contributed by atoms with Crippen LogP contribution in [0.3, 0.4) is 0 Å². The lowest BCUT2D eigenvalue weighted by atomic mass is 10.2. The highest BCUT2D eigenvalue weighted by atomic mass is 28.5. The molecule has 4 atom stereocenters. The number of hydrogen-bond acceptors (Lipinski definition) is 7. The summed E-state index contributed by atoms with van der Waals surface area (Å²) in [6, 6.07) is 0. The zero-order valence-electron chi connectivity index (χ0n) is 21.2. The first-order valence-corrected chi connectivity index (χ1v) is 15.9. The molecule has 0 spiro atoms. The van der Waals surface area contributed by atoms with Gasteiger partial charge in [0, 0.05) is 11.8 Å². The molecule has 3 heterocycles. The predicted molar refractivity (Wildman–Crippen MR) is 130 cm³/mol. The number of aliphatic hydroxyl groups excluding tert-OH is 1. The van der Waals surface area contributed by atoms with E-state index in [1.165, 1.54) is 10.8 Å². The maximum absolute atomic E-state index is 12.5. The third-order valence-corrected chi connectivity index (χ3v) is 17.3. The highest BCUT2D eigenvalue weighted by Crippen LogP contribution is 2.48. The van der Waals surface area contributed by atoms with Crippen molar-refractivity contribution in [3.63, 3.8) is 0 Å². The molecule has 2 aliphatic rings. The van der Waals surface area contributed by atoms with Crippen LogP contribution in [0.4, 0.5) is 0 Å². The zero-order valence-corrected chi connectivity index (χ0v) is 23.2. The Morgan fingerprint density at radius 2 is 1.55 bits per heavy atom. The van der Waals surface area contributed by atoms with Crippen molar-refractivity contribution in [3.8, 4) is 0 Å². The summed E-state index contributed by atoms with van der Waals surface area (Å²) in [6.07, 6.45) is -1.98. The van der Waals surface area contributed by atoms with Gasteiger partial charge in [-0.2, -0.15) is 0 Å². The molecule has 11 heteroatoms. The highest BCUT2D eigenvalue weighted by molar-refractivity contribution is 6.83. The van der Waals surface area contributed by atoms with Gasteiger partial charge >= 0.3 is 22.8 Å². The predicted octanol–water partition coefficient (Wildman–Crippen LogP) is 3.06. The van der Waals surface area contributed by atoms with Gasteiger partial charge in [-0.25, -0.2) is 4.79 Å². The molecule has 9 nitrogen and oxygen atoms in total. The third-order valence-electron chi connectivity index (χ3n) is 7.06. The first kappa shape index (κ1) is 26.5. The Bertz CT molecular complexity index is 943. The number of ether oxygens (including phenoxy) is 1. The van der Waals surface area contributed by atoms with Gasteiger partial charge in [-0.3, -0.25) is 14.3 Å². The van der Waals surface area contributed by atoms with E-state index in [2.05, 4.69) is 60.4 Å². The molecule has 2 N–H and O–H groups in total. The van der Waals surface area contributed by atoms with Gasteiger partial charge in [0.25, 0.3) is 5.56 Å². The Morgan fingerprint density at radius 3 is 2.06 bits per heavy atom. The second-order valence-electron chi connectivity index (χ2n) is 10.6. The van der Waals surface area contributed by atoms with Gasteiger partial charge in [0.2, 0.25) is 0 Å². The van der Waals surface area contributed by atoms with Crippen LogP contribution in [0.15, 0.2) is 15.8 Å². The molecule has 1 aromatic heterocycles. The Balaban J connectivity index is 2.10. The minimum Gasteiger partial charge on any atom is -0.414 e. The molecule has 3 rings (SSSR count). The molecule has 0 aliphatic carbocycles. The maximum atomic E-state index is 12.5. The van der Waals surface area contributed by atoms with E-state index in [0.717, 1.165) is 0 Å². The molecule has 0 bridgehead atoms. The Labute approximate surface area is 197 Å². The Hall–Kier alpha value is -1.09. The van der Waals surface area contributed by atoms with Crippen molar-refractivity contribution in [1.82, 2.24) is 9.55 Å². The van der Waals surface area contributed by atoms with E-state index in [4.69, 9.17) is 17.7 Å². The molecular formula is C22H40N2O7Si2. The summed E-state index contributed by atoms with van der Waals surface area (Å²) in [6.45, 7) is 18.8. The van der Waals surface area contributed by atoms with Crippen LogP contribution in [0.2, 0.25) is 22.2 Å². The van der Waals surface area contributed by atoms with E-state index >= 15 is 0 Å². The van der Waals surface area contributed by atoms with Gasteiger partial charge in [0.05, 0.1) is 6.61 Å². The van der Waals surface area contributed by atoms with Crippen LogP contribution in [0.25, 0.3) is 0 Å². The molecule has 0 unspecified atom stereocenters. The Morgan fingerprint density at radius 1 is 1.00 bits per heavy atom. The molecule has 0 amide bonds. The van der Waals surface area contributed by atoms with Gasteiger partial charge in [0.1, 0.15) is 18.3 Å². The fourth-order valence-electron chi connectivity index (χ4n) is 5.14. The first-order chi connectivity index (χ1) is 15.3. The number of fused-ring (bicyclic) bond motifs is 1. The summed E-state index contributed by atoms with van der Waals surface area (Å²) < 4.78 is 28.1. The summed E-state index contributed by atoms with van der Waals surface area (Å²) >= 11 is 0. The molecule has 2 fully saturated rings. The summed E-state index contributed by atoms with van der Waals surface area (Å²) in [4.78, 5) is 26.7. The second-order valence-corrected chi connectivity index (χ2v) is 19.4. The van der Waals surface area contributed by atoms with Crippen molar-refractivity contribution >= 4 is 17.1 Å². The quantitative estimate of drug-likeness (QED) is 0.471. The highest BCUT2D eigenvalue weighted by Gasteiger charge is 2.61. The van der Waals surface area contributed by atoms with E-state index in [1.807, 2.05) is 0 Å². The van der Waals surface area contributed by atoms with Crippen molar-refractivity contribution in [2.24, 2.45) is 0 Å². The molecule has 0 radical (unpaired) electrons.